The van der Waals surface area contributed by atoms with Crippen molar-refractivity contribution in [3.63, 3.8) is 0 Å². The third-order valence-electron chi connectivity index (χ3n) is 1.87. The summed E-state index contributed by atoms with van der Waals surface area (Å²) in [7, 11) is 0. The molecule has 14 heavy (non-hydrogen) atoms. The van der Waals surface area contributed by atoms with Crippen molar-refractivity contribution in [3.05, 3.63) is 51.7 Å². The first-order chi connectivity index (χ1) is 6.68. The fourth-order valence-corrected chi connectivity index (χ4v) is 1.84. The van der Waals surface area contributed by atoms with E-state index in [1.165, 1.54) is 0 Å². The molecule has 1 aromatic carbocycles. The smallest absolute Gasteiger partial charge is 0.0662 e. The molecule has 0 aliphatic carbocycles. The van der Waals surface area contributed by atoms with E-state index < -0.39 is 0 Å². The highest BCUT2D eigenvalue weighted by atomic mass is 35.5. The van der Waals surface area contributed by atoms with Crippen LogP contribution in [-0.4, -0.2) is 4.57 Å². The van der Waals surface area contributed by atoms with Gasteiger partial charge in [-0.25, -0.2) is 0 Å². The fourth-order valence-electron chi connectivity index (χ4n) is 1.21. The Morgan fingerprint density at radius 2 is 1.36 bits per heavy atom. The van der Waals surface area contributed by atoms with Crippen molar-refractivity contribution in [2.75, 3.05) is 0 Å². The summed E-state index contributed by atoms with van der Waals surface area (Å²) in [5.74, 6) is 0. The first-order valence-corrected chi connectivity index (χ1v) is 5.10. The maximum atomic E-state index is 6.03. The monoisotopic (exact) mass is 245 g/mol. The number of halogens is 3. The van der Waals surface area contributed by atoms with Gasteiger partial charge in [0, 0.05) is 12.4 Å². The van der Waals surface area contributed by atoms with E-state index in [0.717, 1.165) is 5.69 Å². The van der Waals surface area contributed by atoms with Crippen molar-refractivity contribution in [3.8, 4) is 5.69 Å². The molecule has 0 aliphatic heterocycles. The predicted octanol–water partition coefficient (Wildman–Crippen LogP) is 4.44. The van der Waals surface area contributed by atoms with E-state index in [1.807, 2.05) is 29.1 Å². The minimum Gasteiger partial charge on any atom is -0.322 e. The molecule has 0 bridgehead atoms. The molecule has 0 amide bonds. The van der Waals surface area contributed by atoms with Crippen molar-refractivity contribution >= 4 is 34.8 Å². The van der Waals surface area contributed by atoms with Gasteiger partial charge in [-0.3, -0.25) is 0 Å². The molecule has 0 saturated heterocycles. The minimum absolute atomic E-state index is 0.465. The molecule has 72 valence electrons. The summed E-state index contributed by atoms with van der Waals surface area (Å²) in [5.41, 5.74) is 0.825. The number of nitrogens with zero attached hydrogens (tertiary/aromatic N) is 1. The molecule has 0 saturated carbocycles. The van der Waals surface area contributed by atoms with Gasteiger partial charge in [0.25, 0.3) is 0 Å². The fraction of sp³-hybridized carbons (Fsp3) is 0. The van der Waals surface area contributed by atoms with Crippen LogP contribution in [-0.2, 0) is 0 Å². The topological polar surface area (TPSA) is 4.93 Å². The van der Waals surface area contributed by atoms with Crippen molar-refractivity contribution in [2.45, 2.75) is 0 Å². The lowest BCUT2D eigenvalue weighted by atomic mass is 10.3. The molecular formula is C10H6Cl3N. The molecule has 0 spiro atoms. The van der Waals surface area contributed by atoms with Gasteiger partial charge >= 0.3 is 0 Å². The molecule has 0 atom stereocenters. The van der Waals surface area contributed by atoms with E-state index in [9.17, 15) is 0 Å². The normalized spacial score (nSPS) is 10.5. The molecule has 0 fully saturated rings. The van der Waals surface area contributed by atoms with Crippen LogP contribution < -0.4 is 0 Å². The average Bonchev–Trinajstić information content (AvgIpc) is 2.64. The third kappa shape index (κ3) is 1.76. The summed E-state index contributed by atoms with van der Waals surface area (Å²) in [4.78, 5) is 0. The van der Waals surface area contributed by atoms with Crippen molar-refractivity contribution in [2.24, 2.45) is 0 Å². The zero-order chi connectivity index (χ0) is 10.1. The zero-order valence-corrected chi connectivity index (χ0v) is 9.31. The Hall–Kier alpha value is -0.630. The number of aromatic nitrogens is 1. The Kier molecular flexibility index (Phi) is 2.73. The third-order valence-corrected chi connectivity index (χ3v) is 2.90. The summed E-state index contributed by atoms with van der Waals surface area (Å²) in [6, 6.07) is 7.21. The molecule has 0 aliphatic rings. The van der Waals surface area contributed by atoms with Gasteiger partial charge in [0.05, 0.1) is 20.8 Å². The number of rotatable bonds is 1. The van der Waals surface area contributed by atoms with Gasteiger partial charge in [-0.1, -0.05) is 34.8 Å². The Bertz CT molecular complexity index is 449. The largest absolute Gasteiger partial charge is 0.322 e. The zero-order valence-electron chi connectivity index (χ0n) is 7.05. The number of benzene rings is 1. The summed E-state index contributed by atoms with van der Waals surface area (Å²) < 4.78 is 1.88. The molecule has 0 N–H and O–H groups in total. The van der Waals surface area contributed by atoms with Crippen LogP contribution in [0.1, 0.15) is 0 Å². The highest BCUT2D eigenvalue weighted by Crippen LogP contribution is 2.30. The highest BCUT2D eigenvalue weighted by Gasteiger charge is 2.06. The van der Waals surface area contributed by atoms with Gasteiger partial charge in [-0.15, -0.1) is 0 Å². The van der Waals surface area contributed by atoms with Gasteiger partial charge in [0.1, 0.15) is 0 Å². The molecule has 0 unspecified atom stereocenters. The second kappa shape index (κ2) is 3.85. The van der Waals surface area contributed by atoms with E-state index in [1.54, 1.807) is 12.1 Å². The first-order valence-electron chi connectivity index (χ1n) is 3.96. The van der Waals surface area contributed by atoms with Crippen molar-refractivity contribution in [1.29, 1.82) is 0 Å². The summed E-state index contributed by atoms with van der Waals surface area (Å²) >= 11 is 17.7. The van der Waals surface area contributed by atoms with Crippen LogP contribution in [0.2, 0.25) is 15.1 Å². The molecule has 1 nitrogen and oxygen atoms in total. The van der Waals surface area contributed by atoms with Gasteiger partial charge in [-0.05, 0) is 24.3 Å². The first kappa shape index (κ1) is 9.91. The van der Waals surface area contributed by atoms with Gasteiger partial charge in [-0.2, -0.15) is 0 Å². The molecule has 1 heterocycles. The van der Waals surface area contributed by atoms with Crippen LogP contribution in [0.15, 0.2) is 36.7 Å². The lowest BCUT2D eigenvalue weighted by Gasteiger charge is -2.07. The second-order valence-corrected chi connectivity index (χ2v) is 4.03. The second-order valence-electron chi connectivity index (χ2n) is 2.81. The Morgan fingerprint density at radius 3 is 2.00 bits per heavy atom. The quantitative estimate of drug-likeness (QED) is 0.656. The standard InChI is InChI=1S/C10H6Cl3N/c11-7-5-9(13)10(6-8(7)12)14-3-1-2-4-14/h1-6H. The van der Waals surface area contributed by atoms with Gasteiger partial charge in [0.15, 0.2) is 0 Å². The van der Waals surface area contributed by atoms with Crippen LogP contribution in [0.5, 0.6) is 0 Å². The predicted molar refractivity (Wildman–Crippen MR) is 60.8 cm³/mol. The Morgan fingerprint density at radius 1 is 0.786 bits per heavy atom. The van der Waals surface area contributed by atoms with Crippen LogP contribution in [0.3, 0.4) is 0 Å². The maximum Gasteiger partial charge on any atom is 0.0662 e. The van der Waals surface area contributed by atoms with Crippen LogP contribution in [0.25, 0.3) is 5.69 Å². The molecule has 0 radical (unpaired) electrons. The summed E-state index contributed by atoms with van der Waals surface area (Å²) in [5, 5.41) is 1.54. The lowest BCUT2D eigenvalue weighted by molar-refractivity contribution is 1.08. The van der Waals surface area contributed by atoms with Crippen LogP contribution in [0, 0.1) is 0 Å². The van der Waals surface area contributed by atoms with E-state index in [2.05, 4.69) is 0 Å². The molecule has 4 heteroatoms. The van der Waals surface area contributed by atoms with E-state index >= 15 is 0 Å². The van der Waals surface area contributed by atoms with E-state index in [0.29, 0.717) is 15.1 Å². The van der Waals surface area contributed by atoms with Gasteiger partial charge in [0.2, 0.25) is 0 Å². The SMILES string of the molecule is Clc1cc(Cl)c(-n2cccc2)cc1Cl. The number of hydrogen-bond acceptors (Lipinski definition) is 0. The summed E-state index contributed by atoms with van der Waals surface area (Å²) in [6.07, 6.45) is 3.79. The van der Waals surface area contributed by atoms with Gasteiger partial charge < -0.3 is 4.57 Å². The van der Waals surface area contributed by atoms with E-state index in [-0.39, 0.29) is 0 Å². The van der Waals surface area contributed by atoms with Crippen molar-refractivity contribution in [1.82, 2.24) is 4.57 Å². The lowest BCUT2D eigenvalue weighted by Crippen LogP contribution is -1.90. The molecule has 2 aromatic rings. The highest BCUT2D eigenvalue weighted by molar-refractivity contribution is 6.43. The van der Waals surface area contributed by atoms with Crippen molar-refractivity contribution < 1.29 is 0 Å². The van der Waals surface area contributed by atoms with E-state index in [4.69, 9.17) is 34.8 Å². The number of hydrogen-bond donors (Lipinski definition) is 0. The molecule has 1 aromatic heterocycles. The molecular weight excluding hydrogens is 240 g/mol. The minimum atomic E-state index is 0.465. The Labute approximate surface area is 96.8 Å². The van der Waals surface area contributed by atoms with Crippen LogP contribution in [0.4, 0.5) is 0 Å². The molecule has 2 rings (SSSR count). The Balaban J connectivity index is 2.60. The average molecular weight is 247 g/mol. The van der Waals surface area contributed by atoms with Crippen LogP contribution >= 0.6 is 34.8 Å². The summed E-state index contributed by atoms with van der Waals surface area (Å²) in [6.45, 7) is 0. The maximum absolute atomic E-state index is 6.03.